The van der Waals surface area contributed by atoms with Crippen molar-refractivity contribution in [2.45, 2.75) is 6.92 Å². The molecule has 0 saturated carbocycles. The summed E-state index contributed by atoms with van der Waals surface area (Å²) in [4.78, 5) is 23.4. The maximum absolute atomic E-state index is 12.5. The second kappa shape index (κ2) is 8.01. The van der Waals surface area contributed by atoms with Crippen molar-refractivity contribution in [3.63, 3.8) is 0 Å². The minimum Gasteiger partial charge on any atom is -0.493 e. The van der Waals surface area contributed by atoms with Crippen LogP contribution in [0.25, 0.3) is 6.08 Å². The predicted octanol–water partition coefficient (Wildman–Crippen LogP) is 3.36. The number of carbonyl (C=O) groups excluding carboxylic acids is 1. The van der Waals surface area contributed by atoms with E-state index >= 15 is 0 Å². The van der Waals surface area contributed by atoms with Crippen molar-refractivity contribution < 1.29 is 24.2 Å². The SMILES string of the molecule is COc1c(C)cc(C=CC(=O)O)c(NC(=O)c2ccccc2)c1OC. The molecule has 0 saturated heterocycles. The highest BCUT2D eigenvalue weighted by molar-refractivity contribution is 6.07. The van der Waals surface area contributed by atoms with Gasteiger partial charge in [-0.3, -0.25) is 4.79 Å². The average molecular weight is 341 g/mol. The molecule has 0 bridgehead atoms. The van der Waals surface area contributed by atoms with Crippen molar-refractivity contribution in [3.8, 4) is 11.5 Å². The van der Waals surface area contributed by atoms with Crippen LogP contribution in [0, 0.1) is 6.92 Å². The third-order valence-electron chi connectivity index (χ3n) is 3.54. The molecule has 0 fully saturated rings. The Labute approximate surface area is 145 Å². The van der Waals surface area contributed by atoms with Crippen LogP contribution < -0.4 is 14.8 Å². The summed E-state index contributed by atoms with van der Waals surface area (Å²) in [6.07, 6.45) is 2.40. The number of benzene rings is 2. The second-order valence-electron chi connectivity index (χ2n) is 5.22. The molecule has 25 heavy (non-hydrogen) atoms. The van der Waals surface area contributed by atoms with Crippen LogP contribution in [0.2, 0.25) is 0 Å². The number of hydrogen-bond donors (Lipinski definition) is 2. The standard InChI is InChI=1S/C19H19NO5/c1-12-11-14(9-10-15(21)22)16(18(25-3)17(12)24-2)20-19(23)13-7-5-4-6-8-13/h4-11H,1-3H3,(H,20,23)(H,21,22). The van der Waals surface area contributed by atoms with Gasteiger partial charge in [-0.15, -0.1) is 0 Å². The first-order chi connectivity index (χ1) is 12.0. The van der Waals surface area contributed by atoms with Gasteiger partial charge in [0, 0.05) is 17.2 Å². The number of aliphatic carboxylic acids is 1. The Bertz CT molecular complexity index is 812. The normalized spacial score (nSPS) is 10.5. The van der Waals surface area contributed by atoms with Gasteiger partial charge in [0.1, 0.15) is 0 Å². The topological polar surface area (TPSA) is 84.9 Å². The first-order valence-electron chi connectivity index (χ1n) is 7.51. The van der Waals surface area contributed by atoms with Crippen LogP contribution in [-0.2, 0) is 4.79 Å². The fourth-order valence-electron chi connectivity index (χ4n) is 2.44. The molecule has 2 aromatic carbocycles. The number of methoxy groups -OCH3 is 2. The molecule has 130 valence electrons. The van der Waals surface area contributed by atoms with Crippen LogP contribution in [0.5, 0.6) is 11.5 Å². The molecule has 0 aliphatic heterocycles. The molecule has 0 heterocycles. The molecular formula is C19H19NO5. The smallest absolute Gasteiger partial charge is 0.328 e. The Morgan fingerprint density at radius 1 is 1.08 bits per heavy atom. The van der Waals surface area contributed by atoms with Gasteiger partial charge in [0.05, 0.1) is 19.9 Å². The van der Waals surface area contributed by atoms with Crippen LogP contribution in [0.15, 0.2) is 42.5 Å². The van der Waals surface area contributed by atoms with Gasteiger partial charge in [-0.2, -0.15) is 0 Å². The number of carboxylic acid groups (broad SMARTS) is 1. The molecule has 2 rings (SSSR count). The maximum atomic E-state index is 12.5. The first kappa shape index (κ1) is 18.1. The lowest BCUT2D eigenvalue weighted by Gasteiger charge is -2.18. The zero-order valence-electron chi connectivity index (χ0n) is 14.2. The highest BCUT2D eigenvalue weighted by atomic mass is 16.5. The molecule has 6 heteroatoms. The number of ether oxygens (including phenoxy) is 2. The van der Waals surface area contributed by atoms with Gasteiger partial charge >= 0.3 is 5.97 Å². The van der Waals surface area contributed by atoms with Crippen molar-refractivity contribution in [3.05, 3.63) is 59.2 Å². The third-order valence-corrected chi connectivity index (χ3v) is 3.54. The van der Waals surface area contributed by atoms with E-state index < -0.39 is 5.97 Å². The Morgan fingerprint density at radius 3 is 2.28 bits per heavy atom. The Morgan fingerprint density at radius 2 is 1.72 bits per heavy atom. The fraction of sp³-hybridized carbons (Fsp3) is 0.158. The Hall–Kier alpha value is -3.28. The molecule has 0 aliphatic rings. The molecule has 2 N–H and O–H groups in total. The van der Waals surface area contributed by atoms with Gasteiger partial charge in [-0.1, -0.05) is 18.2 Å². The zero-order chi connectivity index (χ0) is 18.4. The van der Waals surface area contributed by atoms with Crippen LogP contribution in [0.3, 0.4) is 0 Å². The number of hydrogen-bond acceptors (Lipinski definition) is 4. The Kier molecular flexibility index (Phi) is 5.79. The summed E-state index contributed by atoms with van der Waals surface area (Å²) >= 11 is 0. The van der Waals surface area contributed by atoms with Crippen LogP contribution in [0.4, 0.5) is 5.69 Å². The molecule has 0 radical (unpaired) electrons. The predicted molar refractivity (Wildman–Crippen MR) is 95.3 cm³/mol. The number of carbonyl (C=O) groups is 2. The lowest BCUT2D eigenvalue weighted by atomic mass is 10.0. The van der Waals surface area contributed by atoms with Gasteiger partial charge in [-0.25, -0.2) is 4.79 Å². The summed E-state index contributed by atoms with van der Waals surface area (Å²) in [6, 6.07) is 10.4. The van der Waals surface area contributed by atoms with Gasteiger partial charge in [0.2, 0.25) is 0 Å². The highest BCUT2D eigenvalue weighted by Gasteiger charge is 2.19. The largest absolute Gasteiger partial charge is 0.493 e. The molecule has 0 unspecified atom stereocenters. The van der Waals surface area contributed by atoms with E-state index in [0.717, 1.165) is 11.6 Å². The van der Waals surface area contributed by atoms with Crippen molar-refractivity contribution in [2.75, 3.05) is 19.5 Å². The van der Waals surface area contributed by atoms with E-state index in [1.54, 1.807) is 30.3 Å². The average Bonchev–Trinajstić information content (AvgIpc) is 2.61. The van der Waals surface area contributed by atoms with E-state index in [-0.39, 0.29) is 5.91 Å². The summed E-state index contributed by atoms with van der Waals surface area (Å²) in [6.45, 7) is 1.81. The summed E-state index contributed by atoms with van der Waals surface area (Å²) in [5.74, 6) is -0.627. The number of amides is 1. The fourth-order valence-corrected chi connectivity index (χ4v) is 2.44. The van der Waals surface area contributed by atoms with Crippen molar-refractivity contribution in [2.24, 2.45) is 0 Å². The van der Waals surface area contributed by atoms with E-state index in [1.807, 2.05) is 13.0 Å². The van der Waals surface area contributed by atoms with E-state index in [2.05, 4.69) is 5.32 Å². The summed E-state index contributed by atoms with van der Waals surface area (Å²) in [5.41, 5.74) is 2.07. The van der Waals surface area contributed by atoms with E-state index in [9.17, 15) is 9.59 Å². The molecule has 6 nitrogen and oxygen atoms in total. The number of carboxylic acids is 1. The Balaban J connectivity index is 2.55. The van der Waals surface area contributed by atoms with Crippen LogP contribution in [0.1, 0.15) is 21.5 Å². The zero-order valence-corrected chi connectivity index (χ0v) is 14.2. The van der Waals surface area contributed by atoms with Crippen molar-refractivity contribution in [1.29, 1.82) is 0 Å². The molecule has 0 atom stereocenters. The van der Waals surface area contributed by atoms with Gasteiger partial charge in [-0.05, 0) is 36.8 Å². The third kappa shape index (κ3) is 4.17. The van der Waals surface area contributed by atoms with E-state index in [0.29, 0.717) is 28.3 Å². The molecule has 2 aromatic rings. The summed E-state index contributed by atoms with van der Waals surface area (Å²) < 4.78 is 10.8. The molecule has 1 amide bonds. The second-order valence-corrected chi connectivity index (χ2v) is 5.22. The minimum absolute atomic E-state index is 0.330. The lowest BCUT2D eigenvalue weighted by Crippen LogP contribution is -2.14. The van der Waals surface area contributed by atoms with Gasteiger partial charge in [0.25, 0.3) is 5.91 Å². The minimum atomic E-state index is -1.09. The number of anilines is 1. The number of rotatable bonds is 6. The quantitative estimate of drug-likeness (QED) is 0.787. The lowest BCUT2D eigenvalue weighted by molar-refractivity contribution is -0.131. The molecular weight excluding hydrogens is 322 g/mol. The van der Waals surface area contributed by atoms with Gasteiger partial charge < -0.3 is 19.9 Å². The molecule has 0 aromatic heterocycles. The maximum Gasteiger partial charge on any atom is 0.328 e. The van der Waals surface area contributed by atoms with E-state index in [4.69, 9.17) is 14.6 Å². The molecule has 0 spiro atoms. The number of aryl methyl sites for hydroxylation is 1. The summed E-state index contributed by atoms with van der Waals surface area (Å²) in [5, 5.41) is 11.7. The van der Waals surface area contributed by atoms with Crippen molar-refractivity contribution >= 4 is 23.6 Å². The summed E-state index contributed by atoms with van der Waals surface area (Å²) in [7, 11) is 2.96. The van der Waals surface area contributed by atoms with E-state index in [1.165, 1.54) is 20.3 Å². The monoisotopic (exact) mass is 341 g/mol. The van der Waals surface area contributed by atoms with Crippen molar-refractivity contribution in [1.82, 2.24) is 0 Å². The highest BCUT2D eigenvalue weighted by Crippen LogP contribution is 2.41. The molecule has 0 aliphatic carbocycles. The van der Waals surface area contributed by atoms with Gasteiger partial charge in [0.15, 0.2) is 11.5 Å². The van der Waals surface area contributed by atoms with Crippen LogP contribution in [-0.4, -0.2) is 31.2 Å². The number of nitrogens with one attached hydrogen (secondary N) is 1. The van der Waals surface area contributed by atoms with Crippen LogP contribution >= 0.6 is 0 Å². The first-order valence-corrected chi connectivity index (χ1v) is 7.51.